The van der Waals surface area contributed by atoms with E-state index in [1.54, 1.807) is 6.08 Å². The van der Waals surface area contributed by atoms with Crippen molar-refractivity contribution in [3.05, 3.63) is 12.2 Å². The Labute approximate surface area is 504 Å². The third-order valence-corrected chi connectivity index (χ3v) is 17.0. The second-order valence-electron chi connectivity index (χ2n) is 24.3. The number of hydrogen-bond donors (Lipinski definition) is 12. The van der Waals surface area contributed by atoms with Crippen LogP contribution in [0.15, 0.2) is 12.2 Å². The lowest BCUT2D eigenvalue weighted by Crippen LogP contribution is -2.68. The van der Waals surface area contributed by atoms with Crippen molar-refractivity contribution >= 4 is 11.8 Å². The lowest BCUT2D eigenvalue weighted by Gasteiger charge is -2.48. The van der Waals surface area contributed by atoms with Gasteiger partial charge in [-0.15, -0.1) is 0 Å². The van der Waals surface area contributed by atoms with Crippen molar-refractivity contribution in [3.63, 3.8) is 0 Å². The van der Waals surface area contributed by atoms with Crippen LogP contribution >= 0.6 is 0 Å². The Morgan fingerprint density at radius 1 is 0.464 bits per heavy atom. The van der Waals surface area contributed by atoms with Crippen LogP contribution in [-0.2, 0) is 38.0 Å². The number of aliphatic hydroxyl groups is 10. The van der Waals surface area contributed by atoms with Crippen LogP contribution in [0.4, 0.5) is 0 Å². The molecule has 84 heavy (non-hydrogen) atoms. The summed E-state index contributed by atoms with van der Waals surface area (Å²) in [6, 6.07) is -2.40. The van der Waals surface area contributed by atoms with E-state index in [1.165, 1.54) is 173 Å². The van der Waals surface area contributed by atoms with E-state index in [-0.39, 0.29) is 18.9 Å². The molecule has 494 valence electrons. The van der Waals surface area contributed by atoms with Gasteiger partial charge in [-0.25, -0.2) is 0 Å². The maximum Gasteiger partial charge on any atom is 0.220 e. The highest BCUT2D eigenvalue weighted by Gasteiger charge is 2.54. The summed E-state index contributed by atoms with van der Waals surface area (Å²) >= 11 is 0. The molecule has 0 aromatic carbocycles. The summed E-state index contributed by atoms with van der Waals surface area (Å²) in [5.41, 5.74) is 0. The Hall–Kier alpha value is -1.96. The van der Waals surface area contributed by atoms with Gasteiger partial charge in [0, 0.05) is 13.3 Å². The molecule has 0 aromatic rings. The van der Waals surface area contributed by atoms with E-state index in [4.69, 9.17) is 28.4 Å². The van der Waals surface area contributed by atoms with Gasteiger partial charge in [-0.3, -0.25) is 9.59 Å². The van der Waals surface area contributed by atoms with Crippen molar-refractivity contribution < 1.29 is 89.1 Å². The van der Waals surface area contributed by atoms with Crippen LogP contribution in [-0.4, -0.2) is 194 Å². The minimum atomic E-state index is -1.99. The molecule has 20 heteroatoms. The number of amides is 2. The minimum Gasteiger partial charge on any atom is -0.394 e. The van der Waals surface area contributed by atoms with Crippen molar-refractivity contribution in [1.82, 2.24) is 10.6 Å². The number of hydrogen-bond acceptors (Lipinski definition) is 18. The molecule has 0 spiro atoms. The molecule has 17 atom stereocenters. The van der Waals surface area contributed by atoms with Crippen molar-refractivity contribution in [3.8, 4) is 0 Å². The molecule has 0 bridgehead atoms. The Morgan fingerprint density at radius 3 is 1.25 bits per heavy atom. The number of carbonyl (C=O) groups is 2. The highest BCUT2D eigenvalue weighted by Crippen LogP contribution is 2.33. The molecule has 3 aliphatic rings. The number of allylic oxidation sites excluding steroid dienone is 1. The molecular weight excluding hydrogens is 1080 g/mol. The molecule has 0 aliphatic carbocycles. The molecule has 20 nitrogen and oxygen atoms in total. The first-order valence-corrected chi connectivity index (χ1v) is 33.4. The average molecular weight is 1210 g/mol. The fraction of sp³-hybridized carbons (Fsp3) is 0.938. The van der Waals surface area contributed by atoms with E-state index in [0.29, 0.717) is 6.42 Å². The summed E-state index contributed by atoms with van der Waals surface area (Å²) in [6.45, 7) is 2.86. The summed E-state index contributed by atoms with van der Waals surface area (Å²) in [7, 11) is 0. The Bertz CT molecular complexity index is 1650. The first-order chi connectivity index (χ1) is 40.7. The Morgan fingerprint density at radius 2 is 0.833 bits per heavy atom. The minimum absolute atomic E-state index is 0.245. The van der Waals surface area contributed by atoms with Crippen molar-refractivity contribution in [2.75, 3.05) is 26.4 Å². The summed E-state index contributed by atoms with van der Waals surface area (Å²) in [5, 5.41) is 114. The SMILES string of the molecule is CCCCCCCCCCCCC/C=C/[C@@H](O)[C@H](CO[C@@H]1O[C@H](CO)[C@@H](O[C@@H]2O[C@H](CO)[C@H](O[C@@H]3O[C@H](CO)[C@H](O)[C@H](O)[C@H]3NC(C)=O)[C@H](O)[C@H]2O)[C@H](O)C1O)NC(=O)CCCCCCCCCCCCCCCCCCCCCCCCC. The quantitative estimate of drug-likeness (QED) is 0.0214. The van der Waals surface area contributed by atoms with Gasteiger partial charge in [-0.2, -0.15) is 0 Å². The number of unbranched alkanes of at least 4 members (excludes halogenated alkanes) is 33. The van der Waals surface area contributed by atoms with Gasteiger partial charge in [-0.05, 0) is 19.3 Å². The molecule has 3 fully saturated rings. The van der Waals surface area contributed by atoms with Crippen LogP contribution in [0.3, 0.4) is 0 Å². The van der Waals surface area contributed by atoms with E-state index in [2.05, 4.69) is 24.5 Å². The molecule has 1 unspecified atom stereocenters. The predicted octanol–water partition coefficient (Wildman–Crippen LogP) is 7.08. The summed E-state index contributed by atoms with van der Waals surface area (Å²) < 4.78 is 34.9. The topological polar surface area (TPSA) is 316 Å². The van der Waals surface area contributed by atoms with E-state index in [0.717, 1.165) is 51.9 Å². The van der Waals surface area contributed by atoms with Crippen molar-refractivity contribution in [2.24, 2.45) is 0 Å². The number of carbonyl (C=O) groups excluding carboxylic acids is 2. The smallest absolute Gasteiger partial charge is 0.220 e. The lowest BCUT2D eigenvalue weighted by atomic mass is 9.95. The van der Waals surface area contributed by atoms with Gasteiger partial charge in [0.15, 0.2) is 18.9 Å². The number of ether oxygens (including phenoxy) is 6. The monoisotopic (exact) mass is 1200 g/mol. The highest BCUT2D eigenvalue weighted by atomic mass is 16.8. The van der Waals surface area contributed by atoms with Crippen LogP contribution in [0, 0.1) is 0 Å². The largest absolute Gasteiger partial charge is 0.394 e. The lowest BCUT2D eigenvalue weighted by molar-refractivity contribution is -0.374. The van der Waals surface area contributed by atoms with Gasteiger partial charge in [-0.1, -0.05) is 231 Å². The van der Waals surface area contributed by atoms with E-state index in [1.807, 2.05) is 6.08 Å². The second-order valence-corrected chi connectivity index (χ2v) is 24.3. The van der Waals surface area contributed by atoms with Crippen LogP contribution in [0.2, 0.25) is 0 Å². The van der Waals surface area contributed by atoms with Crippen molar-refractivity contribution in [1.29, 1.82) is 0 Å². The van der Waals surface area contributed by atoms with Crippen LogP contribution in [0.25, 0.3) is 0 Å². The van der Waals surface area contributed by atoms with Crippen LogP contribution < -0.4 is 10.6 Å². The zero-order valence-corrected chi connectivity index (χ0v) is 52.0. The van der Waals surface area contributed by atoms with Gasteiger partial charge in [0.1, 0.15) is 73.2 Å². The van der Waals surface area contributed by atoms with E-state index < -0.39 is 130 Å². The molecule has 0 saturated carbocycles. The maximum absolute atomic E-state index is 13.4. The molecule has 0 aromatic heterocycles. The standard InChI is InChI=1S/C64H120N2O18/c1-4-6-8-10-12-14-16-18-19-20-21-22-23-24-25-26-27-29-31-33-35-37-39-41-52(72)66-47(48(71)40-38-36-34-32-30-28-17-15-13-11-9-7-5-2)45-79-63-58(77)56(75)61(50(43-68)81-63)84-64-59(78)57(76)60(51(44-69)82-64)83-62-53(65-46(3)70)55(74)54(73)49(42-67)80-62/h38,40,47-51,53-64,67-69,71,73-78H,4-37,39,41-45H2,1-3H3,(H,65,70)(H,66,72)/b40-38+/t47-,48+,49+,50+,51+,53+,54-,55+,56+,57+,58?,59+,60-,61+,62-,63+,64-/m0/s1. The van der Waals surface area contributed by atoms with E-state index in [9.17, 15) is 60.7 Å². The zero-order chi connectivity index (χ0) is 61.3. The fourth-order valence-electron chi connectivity index (χ4n) is 11.7. The predicted molar refractivity (Wildman–Crippen MR) is 321 cm³/mol. The summed E-state index contributed by atoms with van der Waals surface area (Å²) in [5.74, 6) is -0.920. The summed E-state index contributed by atoms with van der Waals surface area (Å²) in [6.07, 6.45) is 22.5. The molecule has 3 aliphatic heterocycles. The van der Waals surface area contributed by atoms with Gasteiger partial charge in [0.05, 0.1) is 38.6 Å². The maximum atomic E-state index is 13.4. The first-order valence-electron chi connectivity index (χ1n) is 33.4. The Balaban J connectivity index is 1.47. The molecule has 0 radical (unpaired) electrons. The molecule has 3 rings (SSSR count). The number of rotatable bonds is 50. The molecule has 3 saturated heterocycles. The second kappa shape index (κ2) is 47.1. The normalized spacial score (nSPS) is 29.1. The van der Waals surface area contributed by atoms with Gasteiger partial charge >= 0.3 is 0 Å². The molecule has 2 amide bonds. The third-order valence-electron chi connectivity index (χ3n) is 17.0. The average Bonchev–Trinajstić information content (AvgIpc) is 2.72. The zero-order valence-electron chi connectivity index (χ0n) is 52.0. The highest BCUT2D eigenvalue weighted by molar-refractivity contribution is 5.76. The van der Waals surface area contributed by atoms with Gasteiger partial charge < -0.3 is 90.1 Å². The van der Waals surface area contributed by atoms with Crippen molar-refractivity contribution in [2.45, 2.75) is 356 Å². The molecule has 3 heterocycles. The van der Waals surface area contributed by atoms with E-state index >= 15 is 0 Å². The van der Waals surface area contributed by atoms with Crippen LogP contribution in [0.1, 0.15) is 252 Å². The Kier molecular flexibility index (Phi) is 42.7. The van der Waals surface area contributed by atoms with Gasteiger partial charge in [0.2, 0.25) is 11.8 Å². The first kappa shape index (κ1) is 76.3. The number of aliphatic hydroxyl groups excluding tert-OH is 10. The third kappa shape index (κ3) is 30.0. The summed E-state index contributed by atoms with van der Waals surface area (Å²) in [4.78, 5) is 25.4. The fourth-order valence-corrected chi connectivity index (χ4v) is 11.7. The molecule has 12 N–H and O–H groups in total. The van der Waals surface area contributed by atoms with Crippen LogP contribution in [0.5, 0.6) is 0 Å². The van der Waals surface area contributed by atoms with Gasteiger partial charge in [0.25, 0.3) is 0 Å². The number of nitrogens with one attached hydrogen (secondary N) is 2. The molecular formula is C64H120N2O18.